The SMILES string of the molecule is COCCc1nc(-c2cn3cc(Cl)ccc3n2)n(C2CCN(C)CC2)n1. The molecule has 4 rings (SSSR count). The van der Waals surface area contributed by atoms with Crippen molar-refractivity contribution in [3.63, 3.8) is 0 Å². The molecule has 0 spiro atoms. The van der Waals surface area contributed by atoms with E-state index < -0.39 is 0 Å². The molecule has 0 unspecified atom stereocenters. The minimum absolute atomic E-state index is 0.346. The molecule has 0 bridgehead atoms. The number of ether oxygens (including phenoxy) is 1. The summed E-state index contributed by atoms with van der Waals surface area (Å²) in [5.41, 5.74) is 1.67. The van der Waals surface area contributed by atoms with Gasteiger partial charge in [-0.2, -0.15) is 5.10 Å². The molecule has 1 fully saturated rings. The van der Waals surface area contributed by atoms with Crippen molar-refractivity contribution in [2.24, 2.45) is 0 Å². The van der Waals surface area contributed by atoms with E-state index in [4.69, 9.17) is 31.4 Å². The number of fused-ring (bicyclic) bond motifs is 1. The number of nitrogens with zero attached hydrogens (tertiary/aromatic N) is 6. The number of rotatable bonds is 5. The van der Waals surface area contributed by atoms with Gasteiger partial charge in [-0.3, -0.25) is 0 Å². The van der Waals surface area contributed by atoms with E-state index in [2.05, 4.69) is 16.6 Å². The van der Waals surface area contributed by atoms with Crippen molar-refractivity contribution >= 4 is 17.2 Å². The Labute approximate surface area is 157 Å². The number of likely N-dealkylation sites (tertiary alicyclic amines) is 1. The number of methoxy groups -OCH3 is 1. The zero-order valence-corrected chi connectivity index (χ0v) is 15.9. The monoisotopic (exact) mass is 374 g/mol. The standard InChI is InChI=1S/C18H23ClN6O/c1-23-8-5-14(6-9-23)25-18(21-16(22-25)7-10-26-2)15-12-24-11-13(19)3-4-17(24)20-15/h3-4,11-12,14H,5-10H2,1-2H3. The fraction of sp³-hybridized carbons (Fsp3) is 0.500. The highest BCUT2D eigenvalue weighted by Gasteiger charge is 2.24. The Morgan fingerprint density at radius 1 is 1.19 bits per heavy atom. The molecule has 0 N–H and O–H groups in total. The second-order valence-electron chi connectivity index (χ2n) is 6.81. The average Bonchev–Trinajstić information content (AvgIpc) is 3.24. The van der Waals surface area contributed by atoms with E-state index >= 15 is 0 Å². The summed E-state index contributed by atoms with van der Waals surface area (Å²) in [4.78, 5) is 11.9. The molecule has 1 aliphatic rings. The van der Waals surface area contributed by atoms with E-state index in [9.17, 15) is 0 Å². The van der Waals surface area contributed by atoms with Gasteiger partial charge in [-0.15, -0.1) is 0 Å². The number of pyridine rings is 1. The molecule has 0 aromatic carbocycles. The van der Waals surface area contributed by atoms with Crippen LogP contribution in [-0.2, 0) is 11.2 Å². The van der Waals surface area contributed by atoms with E-state index in [1.165, 1.54) is 0 Å². The normalized spacial score (nSPS) is 16.6. The zero-order valence-electron chi connectivity index (χ0n) is 15.1. The first-order valence-corrected chi connectivity index (χ1v) is 9.29. The van der Waals surface area contributed by atoms with Gasteiger partial charge < -0.3 is 14.0 Å². The highest BCUT2D eigenvalue weighted by Crippen LogP contribution is 2.27. The van der Waals surface area contributed by atoms with Gasteiger partial charge in [0, 0.05) is 25.9 Å². The largest absolute Gasteiger partial charge is 0.384 e. The number of imidazole rings is 1. The Hall–Kier alpha value is -1.96. The molecule has 0 saturated carbocycles. The third-order valence-electron chi connectivity index (χ3n) is 4.88. The molecule has 1 saturated heterocycles. The van der Waals surface area contributed by atoms with E-state index in [1.807, 2.05) is 28.9 Å². The average molecular weight is 375 g/mol. The summed E-state index contributed by atoms with van der Waals surface area (Å²) in [5, 5.41) is 5.47. The predicted molar refractivity (Wildman–Crippen MR) is 101 cm³/mol. The van der Waals surface area contributed by atoms with Gasteiger partial charge in [0.2, 0.25) is 0 Å². The van der Waals surface area contributed by atoms with Gasteiger partial charge in [0.15, 0.2) is 11.6 Å². The number of hydrogen-bond donors (Lipinski definition) is 0. The van der Waals surface area contributed by atoms with Crippen LogP contribution in [-0.4, -0.2) is 62.9 Å². The molecule has 3 aromatic heterocycles. The second kappa shape index (κ2) is 7.34. The molecule has 26 heavy (non-hydrogen) atoms. The summed E-state index contributed by atoms with van der Waals surface area (Å²) in [6.07, 6.45) is 6.65. The second-order valence-corrected chi connectivity index (χ2v) is 7.25. The molecule has 3 aromatic rings. The first-order chi connectivity index (χ1) is 12.6. The van der Waals surface area contributed by atoms with Gasteiger partial charge in [-0.1, -0.05) is 11.6 Å². The molecule has 0 aliphatic carbocycles. The maximum atomic E-state index is 6.10. The summed E-state index contributed by atoms with van der Waals surface area (Å²) in [6.45, 7) is 2.74. The van der Waals surface area contributed by atoms with E-state index in [1.54, 1.807) is 7.11 Å². The van der Waals surface area contributed by atoms with Gasteiger partial charge in [0.25, 0.3) is 0 Å². The summed E-state index contributed by atoms with van der Waals surface area (Å²) in [5.74, 6) is 1.63. The third-order valence-corrected chi connectivity index (χ3v) is 5.11. The van der Waals surface area contributed by atoms with Crippen molar-refractivity contribution in [2.45, 2.75) is 25.3 Å². The van der Waals surface area contributed by atoms with Crippen LogP contribution in [0.5, 0.6) is 0 Å². The molecule has 0 radical (unpaired) electrons. The van der Waals surface area contributed by atoms with Crippen molar-refractivity contribution in [3.05, 3.63) is 35.4 Å². The van der Waals surface area contributed by atoms with Crippen LogP contribution in [0.4, 0.5) is 0 Å². The molecule has 8 heteroatoms. The molecular formula is C18H23ClN6O. The van der Waals surface area contributed by atoms with Gasteiger partial charge in [0.05, 0.1) is 17.7 Å². The Balaban J connectivity index is 1.73. The first-order valence-electron chi connectivity index (χ1n) is 8.91. The number of piperidine rings is 1. The Morgan fingerprint density at radius 3 is 2.77 bits per heavy atom. The Bertz CT molecular complexity index is 896. The Kier molecular flexibility index (Phi) is 4.93. The topological polar surface area (TPSA) is 60.5 Å². The third kappa shape index (κ3) is 3.47. The fourth-order valence-electron chi connectivity index (χ4n) is 3.41. The maximum absolute atomic E-state index is 6.10. The molecule has 1 aliphatic heterocycles. The molecule has 4 heterocycles. The maximum Gasteiger partial charge on any atom is 0.178 e. The Morgan fingerprint density at radius 2 is 2.00 bits per heavy atom. The summed E-state index contributed by atoms with van der Waals surface area (Å²) in [7, 11) is 3.86. The van der Waals surface area contributed by atoms with E-state index in [0.717, 1.165) is 48.9 Å². The highest BCUT2D eigenvalue weighted by molar-refractivity contribution is 6.30. The zero-order chi connectivity index (χ0) is 18.1. The minimum atomic E-state index is 0.346. The van der Waals surface area contributed by atoms with Crippen LogP contribution in [0, 0.1) is 0 Å². The summed E-state index contributed by atoms with van der Waals surface area (Å²) >= 11 is 6.10. The van der Waals surface area contributed by atoms with Crippen LogP contribution in [0.25, 0.3) is 17.2 Å². The van der Waals surface area contributed by atoms with Gasteiger partial charge in [-0.25, -0.2) is 14.6 Å². The van der Waals surface area contributed by atoms with Crippen molar-refractivity contribution in [1.29, 1.82) is 0 Å². The van der Waals surface area contributed by atoms with Gasteiger partial charge in [-0.05, 0) is 45.1 Å². The highest BCUT2D eigenvalue weighted by atomic mass is 35.5. The lowest BCUT2D eigenvalue weighted by atomic mass is 10.1. The van der Waals surface area contributed by atoms with Crippen molar-refractivity contribution < 1.29 is 4.74 Å². The van der Waals surface area contributed by atoms with Gasteiger partial charge >= 0.3 is 0 Å². The van der Waals surface area contributed by atoms with Crippen LogP contribution in [0.2, 0.25) is 5.02 Å². The lowest BCUT2D eigenvalue weighted by Gasteiger charge is -2.29. The number of aromatic nitrogens is 5. The van der Waals surface area contributed by atoms with Crippen LogP contribution in [0.3, 0.4) is 0 Å². The lowest BCUT2D eigenvalue weighted by Crippen LogP contribution is -2.32. The van der Waals surface area contributed by atoms with E-state index in [0.29, 0.717) is 24.1 Å². The van der Waals surface area contributed by atoms with Crippen LogP contribution in [0.15, 0.2) is 24.5 Å². The lowest BCUT2D eigenvalue weighted by molar-refractivity contribution is 0.198. The van der Waals surface area contributed by atoms with Crippen LogP contribution < -0.4 is 0 Å². The summed E-state index contributed by atoms with van der Waals surface area (Å²) in [6, 6.07) is 4.10. The molecule has 7 nitrogen and oxygen atoms in total. The smallest absolute Gasteiger partial charge is 0.178 e. The quantitative estimate of drug-likeness (QED) is 0.687. The van der Waals surface area contributed by atoms with Gasteiger partial charge in [0.1, 0.15) is 11.3 Å². The van der Waals surface area contributed by atoms with Crippen molar-refractivity contribution in [3.8, 4) is 11.5 Å². The first kappa shape index (κ1) is 17.5. The van der Waals surface area contributed by atoms with Crippen LogP contribution >= 0.6 is 11.6 Å². The molecule has 0 amide bonds. The summed E-state index contributed by atoms with van der Waals surface area (Å²) < 4.78 is 9.19. The predicted octanol–water partition coefficient (Wildman–Crippen LogP) is 2.70. The minimum Gasteiger partial charge on any atom is -0.384 e. The van der Waals surface area contributed by atoms with Crippen molar-refractivity contribution in [1.82, 2.24) is 29.0 Å². The fourth-order valence-corrected chi connectivity index (χ4v) is 3.58. The van der Waals surface area contributed by atoms with Crippen LogP contribution in [0.1, 0.15) is 24.7 Å². The van der Waals surface area contributed by atoms with Crippen molar-refractivity contribution in [2.75, 3.05) is 33.9 Å². The molecular weight excluding hydrogens is 352 g/mol. The number of hydrogen-bond acceptors (Lipinski definition) is 5. The molecule has 138 valence electrons. The number of halogens is 1. The molecule has 0 atom stereocenters. The van der Waals surface area contributed by atoms with E-state index in [-0.39, 0.29) is 0 Å².